The number of fused-ring (bicyclic) bond motifs is 2. The summed E-state index contributed by atoms with van der Waals surface area (Å²) < 4.78 is 19.2. The first-order valence-electron chi connectivity index (χ1n) is 17.3. The largest absolute Gasteiger partial charge is 0.462 e. The highest BCUT2D eigenvalue weighted by atomic mass is 16.6. The average Bonchev–Trinajstić information content (AvgIpc) is 3.30. The van der Waals surface area contributed by atoms with Crippen molar-refractivity contribution in [3.63, 3.8) is 0 Å². The van der Waals surface area contributed by atoms with Gasteiger partial charge in [0.1, 0.15) is 17.3 Å². The van der Waals surface area contributed by atoms with Crippen LogP contribution in [0.2, 0.25) is 0 Å². The van der Waals surface area contributed by atoms with Crippen LogP contribution in [0.3, 0.4) is 0 Å². The second-order valence-electron chi connectivity index (χ2n) is 15.5. The lowest BCUT2D eigenvalue weighted by atomic mass is 9.67. The number of piperidine rings is 1. The van der Waals surface area contributed by atoms with Crippen LogP contribution in [0.1, 0.15) is 112 Å². The first-order valence-corrected chi connectivity index (χ1v) is 17.3. The summed E-state index contributed by atoms with van der Waals surface area (Å²) in [6, 6.07) is 0.362. The third-order valence-electron chi connectivity index (χ3n) is 11.7. The molecule has 7 unspecified atom stereocenters. The van der Waals surface area contributed by atoms with Gasteiger partial charge in [-0.1, -0.05) is 19.9 Å². The molecular weight excluding hydrogens is 558 g/mol. The Labute approximate surface area is 264 Å². The molecule has 9 atom stereocenters. The van der Waals surface area contributed by atoms with Crippen LogP contribution in [0.4, 0.5) is 0 Å². The van der Waals surface area contributed by atoms with Crippen molar-refractivity contribution in [1.29, 1.82) is 0 Å². The minimum atomic E-state index is -0.920. The van der Waals surface area contributed by atoms with Gasteiger partial charge in [0.15, 0.2) is 0 Å². The maximum absolute atomic E-state index is 13.6. The molecule has 0 bridgehead atoms. The van der Waals surface area contributed by atoms with Gasteiger partial charge in [0, 0.05) is 44.0 Å². The molecule has 4 saturated heterocycles. The zero-order valence-electron chi connectivity index (χ0n) is 27.9. The van der Waals surface area contributed by atoms with E-state index in [2.05, 4.69) is 24.1 Å². The topological polar surface area (TPSA) is 120 Å². The van der Waals surface area contributed by atoms with Crippen LogP contribution < -0.4 is 11.1 Å². The molecule has 0 spiro atoms. The second-order valence-corrected chi connectivity index (χ2v) is 15.5. The highest BCUT2D eigenvalue weighted by Crippen LogP contribution is 2.55. The molecule has 4 heterocycles. The number of amides is 1. The molecule has 1 saturated carbocycles. The lowest BCUT2D eigenvalue weighted by Crippen LogP contribution is -2.58. The van der Waals surface area contributed by atoms with Gasteiger partial charge < -0.3 is 30.2 Å². The van der Waals surface area contributed by atoms with E-state index in [1.165, 1.54) is 0 Å². The first-order chi connectivity index (χ1) is 20.8. The van der Waals surface area contributed by atoms with Gasteiger partial charge in [-0.3, -0.25) is 9.59 Å². The molecule has 0 radical (unpaired) electrons. The molecule has 9 nitrogen and oxygen atoms in total. The summed E-state index contributed by atoms with van der Waals surface area (Å²) in [4.78, 5) is 41.0. The van der Waals surface area contributed by atoms with E-state index in [0.29, 0.717) is 61.6 Å². The normalized spacial score (nSPS) is 37.6. The molecule has 0 aromatic carbocycles. The summed E-state index contributed by atoms with van der Waals surface area (Å²) in [5, 5.41) is 3.44. The van der Waals surface area contributed by atoms with Gasteiger partial charge in [-0.15, -0.1) is 0 Å². The van der Waals surface area contributed by atoms with Crippen molar-refractivity contribution in [2.45, 2.75) is 148 Å². The standard InChI is InChI=1S/C35H57N3O6/c1-7-22(4)33(41)44-34(5,6)35(19-25-14-23-9-11-32(40)42-28(23)17-29(25)43-35)18-24-15-30(36)37-20-26(24)16-31(39)38-13-12-27(38)10-8-21(2)3/h7,21,23-30,37H,8-20,36H2,1-6H3/t23?,24?,25?,26?,27-,28?,29?,30?,35+/m0/s1. The molecule has 44 heavy (non-hydrogen) atoms. The van der Waals surface area contributed by atoms with Crippen molar-refractivity contribution >= 4 is 17.8 Å². The number of ether oxygens (including phenoxy) is 3. The fraction of sp³-hybridized carbons (Fsp3) is 0.857. The SMILES string of the molecule is CC=C(C)C(=O)OC(C)(C)[C@@]1(CC2CC(N)NCC2CC(=O)N2CC[C@@H]2CCC(C)C)CC2CC3CCC(=O)OC3CC2O1. The summed E-state index contributed by atoms with van der Waals surface area (Å²) in [6.45, 7) is 13.6. The number of allylic oxidation sites excluding steroid dienone is 1. The van der Waals surface area contributed by atoms with Gasteiger partial charge in [-0.25, -0.2) is 4.79 Å². The number of rotatable bonds is 10. The van der Waals surface area contributed by atoms with Crippen LogP contribution in [-0.4, -0.2) is 71.5 Å². The molecule has 9 heteroatoms. The molecule has 5 fully saturated rings. The minimum Gasteiger partial charge on any atom is -0.462 e. The van der Waals surface area contributed by atoms with E-state index in [4.69, 9.17) is 19.9 Å². The fourth-order valence-corrected chi connectivity index (χ4v) is 8.61. The number of nitrogens with two attached hydrogens (primary N) is 1. The highest BCUT2D eigenvalue weighted by molar-refractivity contribution is 5.88. The molecular formula is C35H57N3O6. The smallest absolute Gasteiger partial charge is 0.334 e. The number of esters is 2. The first kappa shape index (κ1) is 33.4. The molecule has 5 aliphatic rings. The molecule has 0 aromatic heterocycles. The Balaban J connectivity index is 1.37. The zero-order valence-corrected chi connectivity index (χ0v) is 27.9. The number of nitrogens with one attached hydrogen (secondary N) is 1. The Morgan fingerprint density at radius 2 is 1.93 bits per heavy atom. The third kappa shape index (κ3) is 7.05. The predicted octanol–water partition coefficient (Wildman–Crippen LogP) is 4.86. The van der Waals surface area contributed by atoms with E-state index in [1.807, 2.05) is 20.8 Å². The molecule has 1 aliphatic carbocycles. The van der Waals surface area contributed by atoms with E-state index >= 15 is 0 Å². The van der Waals surface area contributed by atoms with Gasteiger partial charge in [0.05, 0.1) is 12.3 Å². The number of nitrogens with zero attached hydrogens (tertiary/aromatic N) is 1. The minimum absolute atomic E-state index is 0.0683. The van der Waals surface area contributed by atoms with Gasteiger partial charge >= 0.3 is 11.9 Å². The lowest BCUT2D eigenvalue weighted by Gasteiger charge is -2.48. The fourth-order valence-electron chi connectivity index (χ4n) is 8.61. The average molecular weight is 616 g/mol. The molecule has 3 N–H and O–H groups in total. The molecule has 4 aliphatic heterocycles. The van der Waals surface area contributed by atoms with Gasteiger partial charge in [-0.2, -0.15) is 0 Å². The maximum atomic E-state index is 13.6. The Morgan fingerprint density at radius 3 is 2.61 bits per heavy atom. The van der Waals surface area contributed by atoms with Crippen molar-refractivity contribution in [2.24, 2.45) is 35.3 Å². The molecule has 248 valence electrons. The summed E-state index contributed by atoms with van der Waals surface area (Å²) >= 11 is 0. The van der Waals surface area contributed by atoms with E-state index in [0.717, 1.165) is 51.5 Å². The maximum Gasteiger partial charge on any atom is 0.334 e. The van der Waals surface area contributed by atoms with Gasteiger partial charge in [-0.05, 0) is 109 Å². The van der Waals surface area contributed by atoms with E-state index in [1.54, 1.807) is 13.0 Å². The summed E-state index contributed by atoms with van der Waals surface area (Å²) in [5.74, 6) is 1.32. The van der Waals surface area contributed by atoms with Crippen LogP contribution in [-0.2, 0) is 28.6 Å². The summed E-state index contributed by atoms with van der Waals surface area (Å²) in [6.07, 6.45) is 10.4. The number of hydrogen-bond acceptors (Lipinski definition) is 8. The van der Waals surface area contributed by atoms with E-state index < -0.39 is 11.2 Å². The van der Waals surface area contributed by atoms with Crippen molar-refractivity contribution in [3.8, 4) is 0 Å². The van der Waals surface area contributed by atoms with E-state index in [9.17, 15) is 14.4 Å². The summed E-state index contributed by atoms with van der Waals surface area (Å²) in [5.41, 5.74) is 5.39. The van der Waals surface area contributed by atoms with Crippen LogP contribution >= 0.6 is 0 Å². The van der Waals surface area contributed by atoms with E-state index in [-0.39, 0.29) is 48.1 Å². The summed E-state index contributed by atoms with van der Waals surface area (Å²) in [7, 11) is 0. The number of carbonyl (C=O) groups is 3. The second kappa shape index (κ2) is 13.4. The molecule has 5 rings (SSSR count). The van der Waals surface area contributed by atoms with Crippen LogP contribution in [0, 0.1) is 29.6 Å². The van der Waals surface area contributed by atoms with Crippen molar-refractivity contribution in [2.75, 3.05) is 13.1 Å². The molecule has 1 amide bonds. The predicted molar refractivity (Wildman–Crippen MR) is 168 cm³/mol. The molecule has 0 aromatic rings. The Kier molecular flexibility index (Phi) is 10.2. The van der Waals surface area contributed by atoms with Crippen LogP contribution in [0.5, 0.6) is 0 Å². The van der Waals surface area contributed by atoms with Gasteiger partial charge in [0.2, 0.25) is 5.91 Å². The Bertz CT molecular complexity index is 1110. The zero-order chi connectivity index (χ0) is 31.8. The Morgan fingerprint density at radius 1 is 1.16 bits per heavy atom. The number of hydrogen-bond donors (Lipinski definition) is 2. The monoisotopic (exact) mass is 615 g/mol. The van der Waals surface area contributed by atoms with Gasteiger partial charge in [0.25, 0.3) is 0 Å². The Hall–Kier alpha value is -1.97. The number of likely N-dealkylation sites (tertiary alicyclic amines) is 1. The quantitative estimate of drug-likeness (QED) is 0.264. The lowest BCUT2D eigenvalue weighted by molar-refractivity contribution is -0.207. The highest BCUT2D eigenvalue weighted by Gasteiger charge is 2.60. The van der Waals surface area contributed by atoms with Crippen molar-refractivity contribution in [1.82, 2.24) is 10.2 Å². The number of carbonyl (C=O) groups excluding carboxylic acids is 3. The van der Waals surface area contributed by atoms with Crippen molar-refractivity contribution < 1.29 is 28.6 Å². The third-order valence-corrected chi connectivity index (χ3v) is 11.7. The van der Waals surface area contributed by atoms with Crippen LogP contribution in [0.25, 0.3) is 0 Å². The van der Waals surface area contributed by atoms with Crippen LogP contribution in [0.15, 0.2) is 11.6 Å². The van der Waals surface area contributed by atoms with Crippen molar-refractivity contribution in [3.05, 3.63) is 11.6 Å².